The molecule has 6 nitrogen and oxygen atoms in total. The van der Waals surface area contributed by atoms with Gasteiger partial charge in [0, 0.05) is 24.0 Å². The van der Waals surface area contributed by atoms with Crippen LogP contribution in [0.1, 0.15) is 18.5 Å². The van der Waals surface area contributed by atoms with E-state index in [1.165, 1.54) is 6.07 Å². The molecule has 0 radical (unpaired) electrons. The van der Waals surface area contributed by atoms with E-state index < -0.39 is 11.6 Å². The summed E-state index contributed by atoms with van der Waals surface area (Å²) in [6.45, 7) is 0. The minimum Gasteiger partial charge on any atom is -0.465 e. The topological polar surface area (TPSA) is 95.1 Å². The first kappa shape index (κ1) is 12.4. The van der Waals surface area contributed by atoms with Crippen LogP contribution in [0.3, 0.4) is 0 Å². The Balaban J connectivity index is 1.86. The highest BCUT2D eigenvalue weighted by molar-refractivity contribution is 5.67. The molecule has 0 atom stereocenters. The second-order valence-electron chi connectivity index (χ2n) is 4.89. The van der Waals surface area contributed by atoms with Crippen LogP contribution in [0.15, 0.2) is 41.5 Å². The lowest BCUT2D eigenvalue weighted by atomic mass is 10.1. The molecule has 0 aliphatic heterocycles. The van der Waals surface area contributed by atoms with Crippen LogP contribution in [0.25, 0.3) is 11.1 Å². The molecule has 102 valence electrons. The number of nitrogens with zero attached hydrogens (tertiary/aromatic N) is 1. The molecule has 3 rings (SSSR count). The maximum absolute atomic E-state index is 11.0. The predicted molar refractivity (Wildman–Crippen MR) is 72.4 cm³/mol. The minimum absolute atomic E-state index is 0.152. The standard InChI is InChI=1S/C14H13N3O3/c18-12-4-2-10(8-16-12)9-1-3-11(15-7-9)14(5-6-14)17-13(19)20/h1-4,7-8,17H,5-6H2,(H,16,18)(H,19,20). The van der Waals surface area contributed by atoms with Gasteiger partial charge in [-0.2, -0.15) is 0 Å². The number of carboxylic acid groups (broad SMARTS) is 1. The van der Waals surface area contributed by atoms with Crippen LogP contribution >= 0.6 is 0 Å². The van der Waals surface area contributed by atoms with Crippen molar-refractivity contribution in [2.75, 3.05) is 0 Å². The fourth-order valence-corrected chi connectivity index (χ4v) is 2.21. The lowest BCUT2D eigenvalue weighted by Gasteiger charge is -2.14. The number of carbonyl (C=O) groups is 1. The Morgan fingerprint density at radius 2 is 2.00 bits per heavy atom. The van der Waals surface area contributed by atoms with Gasteiger partial charge in [-0.3, -0.25) is 9.78 Å². The molecule has 0 bridgehead atoms. The SMILES string of the molecule is O=C(O)NC1(c2ccc(-c3ccc(=O)[nH]c3)cn2)CC1. The van der Waals surface area contributed by atoms with Gasteiger partial charge >= 0.3 is 6.09 Å². The third-order valence-corrected chi connectivity index (χ3v) is 3.47. The summed E-state index contributed by atoms with van der Waals surface area (Å²) >= 11 is 0. The molecule has 0 saturated heterocycles. The molecule has 2 aromatic heterocycles. The number of amides is 1. The second kappa shape index (κ2) is 4.48. The molecule has 20 heavy (non-hydrogen) atoms. The molecule has 1 fully saturated rings. The van der Waals surface area contributed by atoms with Crippen molar-refractivity contribution in [3.63, 3.8) is 0 Å². The molecule has 1 amide bonds. The molecule has 2 aromatic rings. The Morgan fingerprint density at radius 1 is 1.25 bits per heavy atom. The van der Waals surface area contributed by atoms with E-state index >= 15 is 0 Å². The lowest BCUT2D eigenvalue weighted by Crippen LogP contribution is -2.34. The first-order valence-electron chi connectivity index (χ1n) is 6.26. The van der Waals surface area contributed by atoms with Crippen LogP contribution in [0, 0.1) is 0 Å². The summed E-state index contributed by atoms with van der Waals surface area (Å²) in [7, 11) is 0. The molecule has 1 saturated carbocycles. The van der Waals surface area contributed by atoms with Gasteiger partial charge < -0.3 is 15.4 Å². The highest BCUT2D eigenvalue weighted by atomic mass is 16.4. The fraction of sp³-hybridized carbons (Fsp3) is 0.214. The summed E-state index contributed by atoms with van der Waals surface area (Å²) in [6.07, 6.45) is 3.82. The Bertz CT molecular complexity index is 682. The normalized spacial score (nSPS) is 15.6. The van der Waals surface area contributed by atoms with Gasteiger partial charge in [0.05, 0.1) is 11.2 Å². The minimum atomic E-state index is -1.03. The Morgan fingerprint density at radius 3 is 2.50 bits per heavy atom. The first-order chi connectivity index (χ1) is 9.59. The quantitative estimate of drug-likeness (QED) is 0.791. The van der Waals surface area contributed by atoms with Gasteiger partial charge in [-0.1, -0.05) is 6.07 Å². The average molecular weight is 271 g/mol. The summed E-state index contributed by atoms with van der Waals surface area (Å²) in [6, 6.07) is 6.87. The van der Waals surface area contributed by atoms with E-state index in [2.05, 4.69) is 15.3 Å². The van der Waals surface area contributed by atoms with Crippen molar-refractivity contribution in [3.05, 3.63) is 52.7 Å². The molecular formula is C14H13N3O3. The van der Waals surface area contributed by atoms with Gasteiger partial charge in [0.25, 0.3) is 0 Å². The predicted octanol–water partition coefficient (Wildman–Crippen LogP) is 1.69. The lowest BCUT2D eigenvalue weighted by molar-refractivity contribution is 0.188. The largest absolute Gasteiger partial charge is 0.465 e. The third kappa shape index (κ3) is 2.27. The van der Waals surface area contributed by atoms with Crippen molar-refractivity contribution >= 4 is 6.09 Å². The molecular weight excluding hydrogens is 258 g/mol. The van der Waals surface area contributed by atoms with Crippen molar-refractivity contribution in [1.82, 2.24) is 15.3 Å². The van der Waals surface area contributed by atoms with Gasteiger partial charge in [0.15, 0.2) is 0 Å². The number of H-pyrrole nitrogens is 1. The average Bonchev–Trinajstić information content (AvgIpc) is 3.20. The number of hydrogen-bond acceptors (Lipinski definition) is 3. The van der Waals surface area contributed by atoms with E-state index in [1.54, 1.807) is 18.5 Å². The van der Waals surface area contributed by atoms with Gasteiger partial charge in [-0.25, -0.2) is 4.79 Å². The second-order valence-corrected chi connectivity index (χ2v) is 4.89. The zero-order chi connectivity index (χ0) is 14.2. The highest BCUT2D eigenvalue weighted by Crippen LogP contribution is 2.44. The Hall–Kier alpha value is -2.63. The molecule has 6 heteroatoms. The summed E-state index contributed by atoms with van der Waals surface area (Å²) in [5.41, 5.74) is 1.79. The summed E-state index contributed by atoms with van der Waals surface area (Å²) in [5.74, 6) is 0. The van der Waals surface area contributed by atoms with Gasteiger partial charge in [0.1, 0.15) is 0 Å². The van der Waals surface area contributed by atoms with Gasteiger partial charge in [0.2, 0.25) is 5.56 Å². The maximum Gasteiger partial charge on any atom is 0.405 e. The zero-order valence-corrected chi connectivity index (χ0v) is 10.6. The maximum atomic E-state index is 11.0. The smallest absolute Gasteiger partial charge is 0.405 e. The van der Waals surface area contributed by atoms with Crippen LogP contribution in [-0.2, 0) is 5.54 Å². The number of rotatable bonds is 3. The molecule has 1 aliphatic carbocycles. The van der Waals surface area contributed by atoms with E-state index in [1.807, 2.05) is 12.1 Å². The molecule has 1 aliphatic rings. The molecule has 0 aromatic carbocycles. The third-order valence-electron chi connectivity index (χ3n) is 3.47. The van der Waals surface area contributed by atoms with Crippen molar-refractivity contribution in [2.45, 2.75) is 18.4 Å². The molecule has 0 unspecified atom stereocenters. The Kier molecular flexibility index (Phi) is 2.78. The summed E-state index contributed by atoms with van der Waals surface area (Å²) < 4.78 is 0. The number of aromatic nitrogens is 2. The van der Waals surface area contributed by atoms with Crippen molar-refractivity contribution in [1.29, 1.82) is 0 Å². The number of hydrogen-bond donors (Lipinski definition) is 3. The van der Waals surface area contributed by atoms with Crippen molar-refractivity contribution in [2.24, 2.45) is 0 Å². The van der Waals surface area contributed by atoms with Crippen LogP contribution < -0.4 is 10.9 Å². The van der Waals surface area contributed by atoms with E-state index in [9.17, 15) is 9.59 Å². The molecule has 3 N–H and O–H groups in total. The van der Waals surface area contributed by atoms with Crippen molar-refractivity contribution < 1.29 is 9.90 Å². The number of aromatic amines is 1. The Labute approximate surface area is 114 Å². The molecule has 2 heterocycles. The van der Waals surface area contributed by atoms with Crippen LogP contribution in [0.2, 0.25) is 0 Å². The fourth-order valence-electron chi connectivity index (χ4n) is 2.21. The van der Waals surface area contributed by atoms with E-state index in [4.69, 9.17) is 5.11 Å². The van der Waals surface area contributed by atoms with Crippen LogP contribution in [0.5, 0.6) is 0 Å². The first-order valence-corrected chi connectivity index (χ1v) is 6.26. The van der Waals surface area contributed by atoms with Crippen molar-refractivity contribution in [3.8, 4) is 11.1 Å². The molecule has 0 spiro atoms. The monoisotopic (exact) mass is 271 g/mol. The zero-order valence-electron chi connectivity index (χ0n) is 10.6. The van der Waals surface area contributed by atoms with Crippen LogP contribution in [-0.4, -0.2) is 21.2 Å². The van der Waals surface area contributed by atoms with Gasteiger partial charge in [-0.05, 0) is 30.5 Å². The van der Waals surface area contributed by atoms with Crippen LogP contribution in [0.4, 0.5) is 4.79 Å². The number of nitrogens with one attached hydrogen (secondary N) is 2. The van der Waals surface area contributed by atoms with Gasteiger partial charge in [-0.15, -0.1) is 0 Å². The van der Waals surface area contributed by atoms with E-state index in [0.717, 1.165) is 29.7 Å². The van der Waals surface area contributed by atoms with E-state index in [-0.39, 0.29) is 5.56 Å². The number of pyridine rings is 2. The van der Waals surface area contributed by atoms with E-state index in [0.29, 0.717) is 0 Å². The summed E-state index contributed by atoms with van der Waals surface area (Å²) in [5, 5.41) is 11.4. The highest BCUT2D eigenvalue weighted by Gasteiger charge is 2.47. The summed E-state index contributed by atoms with van der Waals surface area (Å²) in [4.78, 5) is 28.7.